The van der Waals surface area contributed by atoms with Crippen molar-refractivity contribution in [2.75, 3.05) is 6.61 Å². The minimum absolute atomic E-state index is 0.197. The molecule has 256 valence electrons. The molecule has 2 heterocycles. The van der Waals surface area contributed by atoms with Crippen LogP contribution in [0.15, 0.2) is 18.2 Å². The maximum Gasteiger partial charge on any atom is 0.229 e. The monoisotopic (exact) mass is 650 g/mol. The third-order valence-electron chi connectivity index (χ3n) is 11.2. The molecule has 1 amide bonds. The Labute approximate surface area is 266 Å². The van der Waals surface area contributed by atoms with Crippen molar-refractivity contribution in [3.8, 4) is 5.75 Å². The van der Waals surface area contributed by atoms with Crippen molar-refractivity contribution in [1.82, 2.24) is 5.32 Å². The fourth-order valence-electron chi connectivity index (χ4n) is 8.83. The van der Waals surface area contributed by atoms with E-state index < -0.39 is 79.8 Å². The molecule has 46 heavy (non-hydrogen) atoms. The number of hydrogen-bond donors (Lipinski definition) is 7. The fourth-order valence-corrected chi connectivity index (χ4v) is 8.83. The Hall–Kier alpha value is -2.40. The van der Waals surface area contributed by atoms with Crippen molar-refractivity contribution in [1.29, 1.82) is 0 Å². The summed E-state index contributed by atoms with van der Waals surface area (Å²) in [7, 11) is 0. The second-order valence-corrected chi connectivity index (χ2v) is 13.8. The number of ether oxygens (including phenoxy) is 4. The van der Waals surface area contributed by atoms with Crippen LogP contribution in [0.1, 0.15) is 63.0 Å². The van der Waals surface area contributed by atoms with Gasteiger partial charge in [0.2, 0.25) is 12.2 Å². The highest BCUT2D eigenvalue weighted by atomic mass is 16.7. The number of carboxylic acid groups (broad SMARTS) is 1. The standard InChI is InChI=1S/C32H45NO13/c1-13(35)33-22-24(37)23(36)20(12-34)44-30(22)45-21-8-7-19-18-5-3-14-11-15(4-6-16(14)17(18)9-10-32(19,21)2)43-31-27(40)25(38)26(39)28(46-31)29(41)42/h4,6,11,17-28,30-31,34,36-40H,3,5,7-10,12H2,1-2H3,(H,33,35)(H,41,42)/p-1/t17-,18-,19+,20-,21-,22-,23-,24-,25+,26+,27-,28+,30?,31-,32+/m1/s1. The van der Waals surface area contributed by atoms with Gasteiger partial charge >= 0.3 is 0 Å². The number of carbonyl (C=O) groups is 2. The molecule has 0 radical (unpaired) electrons. The lowest BCUT2D eigenvalue weighted by atomic mass is 9.55. The molecule has 5 aliphatic rings. The maximum absolute atomic E-state index is 11.9. The summed E-state index contributed by atoms with van der Waals surface area (Å²) >= 11 is 0. The lowest BCUT2D eigenvalue weighted by Crippen LogP contribution is -2.65. The smallest absolute Gasteiger partial charge is 0.229 e. The van der Waals surface area contributed by atoms with E-state index in [2.05, 4.69) is 12.2 Å². The van der Waals surface area contributed by atoms with E-state index in [0.29, 0.717) is 23.5 Å². The van der Waals surface area contributed by atoms with Gasteiger partial charge in [0.05, 0.1) is 18.7 Å². The highest BCUT2D eigenvalue weighted by Gasteiger charge is 2.57. The lowest BCUT2D eigenvalue weighted by molar-refractivity contribution is -0.342. The van der Waals surface area contributed by atoms with E-state index in [1.165, 1.54) is 12.5 Å². The number of rotatable bonds is 7. The Morgan fingerprint density at radius 3 is 2.43 bits per heavy atom. The van der Waals surface area contributed by atoms with Gasteiger partial charge in [-0.15, -0.1) is 0 Å². The van der Waals surface area contributed by atoms with Gasteiger partial charge in [-0.1, -0.05) is 13.0 Å². The largest absolute Gasteiger partial charge is 0.547 e. The van der Waals surface area contributed by atoms with Gasteiger partial charge in [0.1, 0.15) is 54.5 Å². The first kappa shape index (κ1) is 33.5. The number of benzene rings is 1. The minimum Gasteiger partial charge on any atom is -0.547 e. The molecule has 1 unspecified atom stereocenters. The van der Waals surface area contributed by atoms with Crippen LogP contribution in [-0.2, 0) is 30.2 Å². The van der Waals surface area contributed by atoms with Crippen molar-refractivity contribution in [2.45, 2.75) is 126 Å². The lowest BCUT2D eigenvalue weighted by Gasteiger charge is -2.51. The number of aliphatic hydroxyl groups is 6. The van der Waals surface area contributed by atoms with Gasteiger partial charge in [0.15, 0.2) is 6.29 Å². The van der Waals surface area contributed by atoms with E-state index in [4.69, 9.17) is 18.9 Å². The third-order valence-corrected chi connectivity index (χ3v) is 11.2. The SMILES string of the molecule is CC(=O)N[C@H]1C(O[C@@H]2CC[C@H]3[C@@H]4CCc5cc(O[C@@H]6O[C@H](C(=O)[O-])[C@@H](O)[C@H](O)[C@H]6O)ccc5[C@H]4CC[C@]23C)O[C@H](CO)[C@@H](O)[C@@H]1O. The Balaban J connectivity index is 1.15. The normalized spacial score (nSPS) is 45.2. The quantitative estimate of drug-likeness (QED) is 0.167. The number of hydrogen-bond acceptors (Lipinski definition) is 13. The van der Waals surface area contributed by atoms with E-state index in [0.717, 1.165) is 44.1 Å². The molecular weight excluding hydrogens is 606 g/mol. The summed E-state index contributed by atoms with van der Waals surface area (Å²) in [6.07, 6.45) is -8.62. The van der Waals surface area contributed by atoms with Crippen LogP contribution < -0.4 is 15.2 Å². The molecule has 14 nitrogen and oxygen atoms in total. The highest BCUT2D eigenvalue weighted by Crippen LogP contribution is 2.62. The van der Waals surface area contributed by atoms with Gasteiger partial charge in [-0.05, 0) is 85.0 Å². The third kappa shape index (κ3) is 5.81. The van der Waals surface area contributed by atoms with Crippen LogP contribution >= 0.6 is 0 Å². The first-order valence-corrected chi connectivity index (χ1v) is 16.1. The second kappa shape index (κ2) is 12.9. The van der Waals surface area contributed by atoms with Crippen molar-refractivity contribution in [3.05, 3.63) is 29.3 Å². The molecule has 0 aromatic heterocycles. The summed E-state index contributed by atoms with van der Waals surface area (Å²) in [5, 5.41) is 75.3. The number of aliphatic carboxylic acids is 1. The molecule has 4 fully saturated rings. The minimum atomic E-state index is -1.86. The Kier molecular flexibility index (Phi) is 9.39. The Morgan fingerprint density at radius 1 is 0.978 bits per heavy atom. The molecule has 1 aromatic carbocycles. The van der Waals surface area contributed by atoms with Crippen LogP contribution in [0.4, 0.5) is 0 Å². The number of carbonyl (C=O) groups excluding carboxylic acids is 2. The predicted octanol–water partition coefficient (Wildman–Crippen LogP) is -2.19. The summed E-state index contributed by atoms with van der Waals surface area (Å²) in [5.74, 6) is -0.774. The van der Waals surface area contributed by atoms with E-state index in [1.54, 1.807) is 6.07 Å². The van der Waals surface area contributed by atoms with Crippen LogP contribution in [0.3, 0.4) is 0 Å². The zero-order valence-electron chi connectivity index (χ0n) is 25.8. The molecule has 3 aliphatic carbocycles. The number of nitrogens with one attached hydrogen (secondary N) is 1. The average Bonchev–Trinajstić information content (AvgIpc) is 3.36. The number of aliphatic hydroxyl groups excluding tert-OH is 6. The van der Waals surface area contributed by atoms with E-state index in [-0.39, 0.29) is 11.5 Å². The van der Waals surface area contributed by atoms with Gasteiger partial charge in [-0.3, -0.25) is 4.79 Å². The van der Waals surface area contributed by atoms with Crippen LogP contribution in [-0.4, -0.2) is 117 Å². The molecule has 0 bridgehead atoms. The summed E-state index contributed by atoms with van der Waals surface area (Å²) in [4.78, 5) is 23.3. The van der Waals surface area contributed by atoms with Gasteiger partial charge in [0.25, 0.3) is 0 Å². The van der Waals surface area contributed by atoms with Crippen LogP contribution in [0.25, 0.3) is 0 Å². The van der Waals surface area contributed by atoms with Gasteiger partial charge in [0, 0.05) is 6.92 Å². The molecule has 14 heteroatoms. The molecule has 2 aliphatic heterocycles. The first-order chi connectivity index (χ1) is 21.8. The van der Waals surface area contributed by atoms with Crippen LogP contribution in [0.5, 0.6) is 5.75 Å². The van der Waals surface area contributed by atoms with E-state index in [1.807, 2.05) is 12.1 Å². The van der Waals surface area contributed by atoms with Gasteiger partial charge < -0.3 is 64.8 Å². The predicted molar refractivity (Wildman–Crippen MR) is 154 cm³/mol. The zero-order chi connectivity index (χ0) is 33.1. The van der Waals surface area contributed by atoms with Gasteiger partial charge in [-0.25, -0.2) is 0 Å². The van der Waals surface area contributed by atoms with Crippen molar-refractivity contribution in [2.24, 2.45) is 17.3 Å². The van der Waals surface area contributed by atoms with Crippen molar-refractivity contribution >= 4 is 11.9 Å². The summed E-state index contributed by atoms with van der Waals surface area (Å²) < 4.78 is 23.4. The van der Waals surface area contributed by atoms with E-state index >= 15 is 0 Å². The summed E-state index contributed by atoms with van der Waals surface area (Å²) in [5.41, 5.74) is 2.08. The maximum atomic E-state index is 11.9. The summed E-state index contributed by atoms with van der Waals surface area (Å²) in [6.45, 7) is 3.03. The highest BCUT2D eigenvalue weighted by molar-refractivity contribution is 5.73. The molecule has 7 N–H and O–H groups in total. The zero-order valence-corrected chi connectivity index (χ0v) is 25.8. The van der Waals surface area contributed by atoms with Gasteiger partial charge in [-0.2, -0.15) is 0 Å². The molecule has 0 spiro atoms. The number of amides is 1. The molecule has 2 saturated heterocycles. The fraction of sp³-hybridized carbons (Fsp3) is 0.750. The number of aryl methyl sites for hydroxylation is 1. The molecule has 1 aromatic rings. The average molecular weight is 651 g/mol. The van der Waals surface area contributed by atoms with Crippen molar-refractivity contribution < 1.29 is 64.3 Å². The second-order valence-electron chi connectivity index (χ2n) is 13.8. The van der Waals surface area contributed by atoms with Crippen LogP contribution in [0, 0.1) is 17.3 Å². The molecular formula is C32H44NO13-. The Bertz CT molecular complexity index is 1300. The Morgan fingerprint density at radius 2 is 1.74 bits per heavy atom. The number of carboxylic acids is 1. The van der Waals surface area contributed by atoms with Crippen molar-refractivity contribution in [3.63, 3.8) is 0 Å². The number of fused-ring (bicyclic) bond motifs is 5. The topological polar surface area (TPSA) is 228 Å². The molecule has 2 saturated carbocycles. The molecule has 15 atom stereocenters. The summed E-state index contributed by atoms with van der Waals surface area (Å²) in [6, 6.07) is 4.57. The molecule has 6 rings (SSSR count). The first-order valence-electron chi connectivity index (χ1n) is 16.1. The van der Waals surface area contributed by atoms with Crippen LogP contribution in [0.2, 0.25) is 0 Å². The van der Waals surface area contributed by atoms with E-state index in [9.17, 15) is 45.3 Å².